The Balaban J connectivity index is 1.45. The number of pyridine rings is 1. The van der Waals surface area contributed by atoms with Crippen LogP contribution in [0.25, 0.3) is 0 Å². The monoisotopic (exact) mass is 365 g/mol. The van der Waals surface area contributed by atoms with Crippen LogP contribution >= 0.6 is 0 Å². The van der Waals surface area contributed by atoms with E-state index in [2.05, 4.69) is 49.8 Å². The number of hydrogen-bond acceptors (Lipinski definition) is 3. The molecule has 1 amide bonds. The molecule has 0 saturated carbocycles. The zero-order valence-corrected chi connectivity index (χ0v) is 16.0. The Morgan fingerprint density at radius 3 is 2.78 bits per heavy atom. The molecule has 1 fully saturated rings. The Morgan fingerprint density at radius 2 is 2.04 bits per heavy atom. The van der Waals surface area contributed by atoms with Gasteiger partial charge in [-0.25, -0.2) is 4.98 Å². The first-order valence-electron chi connectivity index (χ1n) is 9.40. The van der Waals surface area contributed by atoms with Crippen LogP contribution in [0.5, 0.6) is 0 Å². The molecule has 1 saturated heterocycles. The van der Waals surface area contributed by atoms with Crippen LogP contribution in [0.3, 0.4) is 0 Å². The Hall–Kier alpha value is -2.89. The van der Waals surface area contributed by atoms with E-state index in [-0.39, 0.29) is 5.91 Å². The molecule has 1 aromatic carbocycles. The van der Waals surface area contributed by atoms with Crippen molar-refractivity contribution in [1.29, 1.82) is 0 Å². The zero-order chi connectivity index (χ0) is 19.1. The van der Waals surface area contributed by atoms with Gasteiger partial charge in [0.15, 0.2) is 5.96 Å². The topological polar surface area (TPSA) is 69.6 Å². The molecule has 0 bridgehead atoms. The SMILES string of the molecule is CN=C(NCCC(=O)Nc1cccc(C)n1)N1CCC(c2ccccc2)C1. The number of rotatable bonds is 5. The highest BCUT2D eigenvalue weighted by Crippen LogP contribution is 2.26. The number of benzene rings is 1. The summed E-state index contributed by atoms with van der Waals surface area (Å²) in [5, 5.41) is 6.14. The van der Waals surface area contributed by atoms with Gasteiger partial charge < -0.3 is 15.5 Å². The van der Waals surface area contributed by atoms with E-state index in [1.807, 2.05) is 25.1 Å². The van der Waals surface area contributed by atoms with E-state index in [0.717, 1.165) is 31.2 Å². The molecule has 2 N–H and O–H groups in total. The molecule has 27 heavy (non-hydrogen) atoms. The lowest BCUT2D eigenvalue weighted by Crippen LogP contribution is -2.41. The average molecular weight is 365 g/mol. The van der Waals surface area contributed by atoms with Gasteiger partial charge in [-0.2, -0.15) is 0 Å². The number of carbonyl (C=O) groups is 1. The lowest BCUT2D eigenvalue weighted by atomic mass is 9.99. The maximum absolute atomic E-state index is 12.1. The van der Waals surface area contributed by atoms with Crippen LogP contribution < -0.4 is 10.6 Å². The normalized spacial score (nSPS) is 17.0. The Labute approximate surface area is 160 Å². The first kappa shape index (κ1) is 18.9. The molecule has 2 heterocycles. The van der Waals surface area contributed by atoms with E-state index in [1.54, 1.807) is 13.1 Å². The molecule has 0 spiro atoms. The molecule has 1 aromatic heterocycles. The van der Waals surface area contributed by atoms with Crippen LogP contribution in [0.4, 0.5) is 5.82 Å². The zero-order valence-electron chi connectivity index (χ0n) is 16.0. The Kier molecular flexibility index (Phi) is 6.41. The van der Waals surface area contributed by atoms with Crippen LogP contribution in [0, 0.1) is 6.92 Å². The third-order valence-electron chi connectivity index (χ3n) is 4.76. The first-order chi connectivity index (χ1) is 13.2. The molecule has 3 rings (SSSR count). The standard InChI is InChI=1S/C21H27N5O/c1-16-7-6-10-19(24-16)25-20(27)11-13-23-21(22-2)26-14-12-18(15-26)17-8-4-3-5-9-17/h3-10,18H,11-15H2,1-2H3,(H,22,23)(H,24,25,27). The van der Waals surface area contributed by atoms with Crippen molar-refractivity contribution in [2.75, 3.05) is 32.0 Å². The molecule has 6 nitrogen and oxygen atoms in total. The Bertz CT molecular complexity index is 790. The van der Waals surface area contributed by atoms with Crippen molar-refractivity contribution < 1.29 is 4.79 Å². The maximum Gasteiger partial charge on any atom is 0.227 e. The van der Waals surface area contributed by atoms with Gasteiger partial charge in [-0.1, -0.05) is 36.4 Å². The van der Waals surface area contributed by atoms with E-state index in [0.29, 0.717) is 24.7 Å². The van der Waals surface area contributed by atoms with Gasteiger partial charge in [0.2, 0.25) is 5.91 Å². The summed E-state index contributed by atoms with van der Waals surface area (Å²) in [6, 6.07) is 16.2. The molecule has 2 aromatic rings. The highest BCUT2D eigenvalue weighted by atomic mass is 16.1. The van der Waals surface area contributed by atoms with Crippen LogP contribution in [-0.2, 0) is 4.79 Å². The third kappa shape index (κ3) is 5.29. The van der Waals surface area contributed by atoms with Crippen molar-refractivity contribution >= 4 is 17.7 Å². The number of aryl methyl sites for hydroxylation is 1. The highest BCUT2D eigenvalue weighted by molar-refractivity contribution is 5.90. The fraction of sp³-hybridized carbons (Fsp3) is 0.381. The van der Waals surface area contributed by atoms with E-state index < -0.39 is 0 Å². The number of hydrogen-bond donors (Lipinski definition) is 2. The molecule has 142 valence electrons. The van der Waals surface area contributed by atoms with Gasteiger partial charge in [-0.3, -0.25) is 9.79 Å². The van der Waals surface area contributed by atoms with Crippen LogP contribution in [0.15, 0.2) is 53.5 Å². The number of nitrogens with one attached hydrogen (secondary N) is 2. The van der Waals surface area contributed by atoms with E-state index in [4.69, 9.17) is 0 Å². The minimum absolute atomic E-state index is 0.0559. The van der Waals surface area contributed by atoms with E-state index >= 15 is 0 Å². The van der Waals surface area contributed by atoms with E-state index in [1.165, 1.54) is 5.56 Å². The summed E-state index contributed by atoms with van der Waals surface area (Å²) in [5.41, 5.74) is 2.26. The minimum Gasteiger partial charge on any atom is -0.356 e. The van der Waals surface area contributed by atoms with Crippen molar-refractivity contribution in [3.63, 3.8) is 0 Å². The second-order valence-electron chi connectivity index (χ2n) is 6.78. The van der Waals surface area contributed by atoms with Crippen LogP contribution in [-0.4, -0.2) is 48.4 Å². The summed E-state index contributed by atoms with van der Waals surface area (Å²) < 4.78 is 0. The van der Waals surface area contributed by atoms with Crippen LogP contribution in [0.1, 0.15) is 30.0 Å². The third-order valence-corrected chi connectivity index (χ3v) is 4.76. The lowest BCUT2D eigenvalue weighted by molar-refractivity contribution is -0.116. The van der Waals surface area contributed by atoms with Gasteiger partial charge in [0, 0.05) is 44.7 Å². The van der Waals surface area contributed by atoms with Crippen molar-refractivity contribution in [2.45, 2.75) is 25.7 Å². The largest absolute Gasteiger partial charge is 0.356 e. The van der Waals surface area contributed by atoms with Gasteiger partial charge in [-0.05, 0) is 31.0 Å². The smallest absolute Gasteiger partial charge is 0.227 e. The van der Waals surface area contributed by atoms with Crippen LogP contribution in [0.2, 0.25) is 0 Å². The van der Waals surface area contributed by atoms with Gasteiger partial charge >= 0.3 is 0 Å². The fourth-order valence-electron chi connectivity index (χ4n) is 3.39. The number of carbonyl (C=O) groups excluding carboxylic acids is 1. The quantitative estimate of drug-likeness (QED) is 0.631. The van der Waals surface area contributed by atoms with Gasteiger partial charge in [0.1, 0.15) is 5.82 Å². The lowest BCUT2D eigenvalue weighted by Gasteiger charge is -2.21. The number of anilines is 1. The molecule has 1 aliphatic rings. The molecule has 0 aliphatic carbocycles. The minimum atomic E-state index is -0.0559. The van der Waals surface area contributed by atoms with E-state index in [9.17, 15) is 4.79 Å². The molecule has 1 atom stereocenters. The molecular formula is C21H27N5O. The van der Waals surface area contributed by atoms with Gasteiger partial charge in [0.25, 0.3) is 0 Å². The second-order valence-corrected chi connectivity index (χ2v) is 6.78. The molecular weight excluding hydrogens is 338 g/mol. The summed E-state index contributed by atoms with van der Waals surface area (Å²) in [6.45, 7) is 4.36. The first-order valence-corrected chi connectivity index (χ1v) is 9.40. The predicted octanol–water partition coefficient (Wildman–Crippen LogP) is 2.78. The number of nitrogens with zero attached hydrogens (tertiary/aromatic N) is 3. The molecule has 0 radical (unpaired) electrons. The number of likely N-dealkylation sites (tertiary alicyclic amines) is 1. The van der Waals surface area contributed by atoms with Crippen molar-refractivity contribution in [2.24, 2.45) is 4.99 Å². The predicted molar refractivity (Wildman–Crippen MR) is 109 cm³/mol. The second kappa shape index (κ2) is 9.16. The maximum atomic E-state index is 12.1. The summed E-state index contributed by atoms with van der Waals surface area (Å²) in [6.07, 6.45) is 1.48. The summed E-state index contributed by atoms with van der Waals surface area (Å²) >= 11 is 0. The molecule has 1 aliphatic heterocycles. The number of aromatic nitrogens is 1. The van der Waals surface area contributed by atoms with Crippen molar-refractivity contribution in [3.05, 3.63) is 59.8 Å². The van der Waals surface area contributed by atoms with Crippen molar-refractivity contribution in [3.8, 4) is 0 Å². The van der Waals surface area contributed by atoms with Gasteiger partial charge in [0.05, 0.1) is 0 Å². The number of amides is 1. The number of aliphatic imine (C=N–C) groups is 1. The molecule has 1 unspecified atom stereocenters. The summed E-state index contributed by atoms with van der Waals surface area (Å²) in [7, 11) is 1.79. The molecule has 6 heteroatoms. The average Bonchev–Trinajstić information content (AvgIpc) is 3.16. The summed E-state index contributed by atoms with van der Waals surface area (Å²) in [4.78, 5) is 23.0. The fourth-order valence-corrected chi connectivity index (χ4v) is 3.39. The van der Waals surface area contributed by atoms with Gasteiger partial charge in [-0.15, -0.1) is 0 Å². The van der Waals surface area contributed by atoms with Crippen molar-refractivity contribution in [1.82, 2.24) is 15.2 Å². The number of guanidine groups is 1. The summed E-state index contributed by atoms with van der Waals surface area (Å²) in [5.74, 6) is 1.92. The Morgan fingerprint density at radius 1 is 1.22 bits per heavy atom. The highest BCUT2D eigenvalue weighted by Gasteiger charge is 2.25.